The van der Waals surface area contributed by atoms with Crippen LogP contribution in [0.1, 0.15) is 37.5 Å². The van der Waals surface area contributed by atoms with Crippen LogP contribution in [0.3, 0.4) is 0 Å². The van der Waals surface area contributed by atoms with Crippen molar-refractivity contribution in [3.05, 3.63) is 107 Å². The molecule has 0 saturated heterocycles. The van der Waals surface area contributed by atoms with E-state index >= 15 is 0 Å². The first-order chi connectivity index (χ1) is 16.6. The van der Waals surface area contributed by atoms with Crippen molar-refractivity contribution in [3.63, 3.8) is 0 Å². The van der Waals surface area contributed by atoms with E-state index in [9.17, 15) is 9.18 Å². The number of carbonyl (C=O) groups is 1. The average Bonchev–Trinajstić information content (AvgIpc) is 2.91. The topological polar surface area (TPSA) is 65.5 Å². The molecule has 0 aromatic heterocycles. The summed E-state index contributed by atoms with van der Waals surface area (Å²) in [6.07, 6.45) is 0.357. The van der Waals surface area contributed by atoms with Crippen molar-refractivity contribution < 1.29 is 9.18 Å². The summed E-state index contributed by atoms with van der Waals surface area (Å²) in [6, 6.07) is 19.0. The number of anilines is 2. The Hall–Kier alpha value is -3.64. The highest BCUT2D eigenvalue weighted by Crippen LogP contribution is 2.31. The van der Waals surface area contributed by atoms with Crippen LogP contribution in [0.2, 0.25) is 5.02 Å². The molecule has 5 nitrogen and oxygen atoms in total. The zero-order valence-electron chi connectivity index (χ0n) is 20.0. The minimum absolute atomic E-state index is 0.272. The average molecular weight is 491 g/mol. The fraction of sp³-hybridized carbons (Fsp3) is 0.214. The molecule has 4 rings (SSSR count). The second-order valence-corrected chi connectivity index (χ2v) is 9.97. The first kappa shape index (κ1) is 24.5. The van der Waals surface area contributed by atoms with Crippen LogP contribution in [-0.4, -0.2) is 23.3 Å². The van der Waals surface area contributed by atoms with Gasteiger partial charge in [0.25, 0.3) is 0 Å². The largest absolute Gasteiger partial charge is 0.357 e. The number of fused-ring (bicyclic) bond motifs is 1. The molecule has 35 heavy (non-hydrogen) atoms. The highest BCUT2D eigenvalue weighted by molar-refractivity contribution is 6.31. The van der Waals surface area contributed by atoms with Gasteiger partial charge in [0.1, 0.15) is 5.82 Å². The predicted molar refractivity (Wildman–Crippen MR) is 142 cm³/mol. The van der Waals surface area contributed by atoms with Crippen molar-refractivity contribution in [2.24, 2.45) is 4.99 Å². The fourth-order valence-corrected chi connectivity index (χ4v) is 4.04. The second kappa shape index (κ2) is 9.92. The van der Waals surface area contributed by atoms with Crippen molar-refractivity contribution in [3.8, 4) is 0 Å². The Morgan fingerprint density at radius 3 is 2.51 bits per heavy atom. The van der Waals surface area contributed by atoms with Crippen LogP contribution < -0.4 is 16.0 Å². The zero-order valence-corrected chi connectivity index (χ0v) is 20.7. The van der Waals surface area contributed by atoms with E-state index in [2.05, 4.69) is 22.5 Å². The Kier molecular flexibility index (Phi) is 6.94. The van der Waals surface area contributed by atoms with E-state index in [0.29, 0.717) is 34.1 Å². The molecule has 0 spiro atoms. The maximum atomic E-state index is 14.4. The molecule has 2 amide bonds. The lowest BCUT2D eigenvalue weighted by atomic mass is 10.00. The Bertz CT molecular complexity index is 1300. The van der Waals surface area contributed by atoms with Gasteiger partial charge in [-0.1, -0.05) is 48.5 Å². The van der Waals surface area contributed by atoms with Gasteiger partial charge in [-0.3, -0.25) is 4.99 Å². The smallest absolute Gasteiger partial charge is 0.319 e. The molecule has 0 saturated carbocycles. The first-order valence-corrected chi connectivity index (χ1v) is 11.7. The van der Waals surface area contributed by atoms with E-state index in [-0.39, 0.29) is 17.4 Å². The molecule has 3 aromatic rings. The van der Waals surface area contributed by atoms with E-state index in [1.807, 2.05) is 63.2 Å². The Labute approximate surface area is 210 Å². The molecule has 1 unspecified atom stereocenters. The number of urea groups is 1. The molecule has 3 N–H and O–H groups in total. The number of hydrogen-bond donors (Lipinski definition) is 3. The highest BCUT2D eigenvalue weighted by atomic mass is 35.5. The van der Waals surface area contributed by atoms with Gasteiger partial charge in [-0.2, -0.15) is 0 Å². The minimum Gasteiger partial charge on any atom is -0.357 e. The third-order valence-corrected chi connectivity index (χ3v) is 5.73. The molecule has 0 fully saturated rings. The molecule has 1 atom stereocenters. The van der Waals surface area contributed by atoms with Gasteiger partial charge in [-0.05, 0) is 62.7 Å². The monoisotopic (exact) mass is 490 g/mol. The molecule has 1 aliphatic rings. The Morgan fingerprint density at radius 2 is 1.83 bits per heavy atom. The van der Waals surface area contributed by atoms with Gasteiger partial charge in [0.05, 0.1) is 11.8 Å². The summed E-state index contributed by atoms with van der Waals surface area (Å²) in [5.41, 5.74) is 4.74. The molecule has 0 bridgehead atoms. The van der Waals surface area contributed by atoms with Crippen LogP contribution in [0.4, 0.5) is 20.6 Å². The maximum absolute atomic E-state index is 14.4. The number of benzodiazepines with no additional fused rings is 1. The van der Waals surface area contributed by atoms with Crippen molar-refractivity contribution in [2.75, 3.05) is 10.6 Å². The van der Waals surface area contributed by atoms with Gasteiger partial charge in [0.2, 0.25) is 0 Å². The van der Waals surface area contributed by atoms with Gasteiger partial charge in [0.15, 0.2) is 0 Å². The van der Waals surface area contributed by atoms with Crippen LogP contribution in [0.5, 0.6) is 0 Å². The lowest BCUT2D eigenvalue weighted by Crippen LogP contribution is -2.43. The third-order valence-electron chi connectivity index (χ3n) is 5.49. The predicted octanol–water partition coefficient (Wildman–Crippen LogP) is 6.79. The quantitative estimate of drug-likeness (QED) is 0.377. The molecule has 1 heterocycles. The summed E-state index contributed by atoms with van der Waals surface area (Å²) >= 11 is 6.33. The molecule has 3 aromatic carbocycles. The molecular formula is C28H28ClFN4O. The number of nitrogens with one attached hydrogen (secondary N) is 3. The molecule has 0 aliphatic carbocycles. The van der Waals surface area contributed by atoms with E-state index in [1.165, 1.54) is 6.07 Å². The number of carbonyl (C=O) groups excluding carboxylic acids is 1. The van der Waals surface area contributed by atoms with Gasteiger partial charge in [-0.25, -0.2) is 9.18 Å². The summed E-state index contributed by atoms with van der Waals surface area (Å²) in [5, 5.41) is 9.64. The van der Waals surface area contributed by atoms with Gasteiger partial charge >= 0.3 is 6.03 Å². The number of aliphatic imine (C=N–C) groups is 1. The van der Waals surface area contributed by atoms with Crippen LogP contribution >= 0.6 is 11.6 Å². The van der Waals surface area contributed by atoms with E-state index < -0.39 is 6.04 Å². The van der Waals surface area contributed by atoms with Crippen LogP contribution in [0.15, 0.2) is 84.0 Å². The second-order valence-electron chi connectivity index (χ2n) is 9.54. The lowest BCUT2D eigenvalue weighted by Gasteiger charge is -2.20. The molecule has 0 radical (unpaired) electrons. The van der Waals surface area contributed by atoms with Gasteiger partial charge in [-0.15, -0.1) is 0 Å². The van der Waals surface area contributed by atoms with Crippen molar-refractivity contribution in [1.29, 1.82) is 0 Å². The normalized spacial score (nSPS) is 15.4. The standard InChI is InChI=1S/C28H28ClFN4O/c1-17-25(15-19-7-5-6-8-23(19)30)33-26(22-16-20(29)11-14-24(22)31-17)18-9-12-21(13-10-18)32-27(35)34-28(2,3)4/h5-14,16,25,31H,1,15H2,2-4H3,(H2,32,34,35). The summed E-state index contributed by atoms with van der Waals surface area (Å²) < 4.78 is 14.4. The number of nitrogens with zero attached hydrogens (tertiary/aromatic N) is 1. The number of rotatable bonds is 4. The minimum atomic E-state index is -0.400. The summed E-state index contributed by atoms with van der Waals surface area (Å²) in [5.74, 6) is -0.272. The van der Waals surface area contributed by atoms with Crippen molar-refractivity contribution >= 4 is 34.7 Å². The highest BCUT2D eigenvalue weighted by Gasteiger charge is 2.24. The fourth-order valence-electron chi connectivity index (χ4n) is 3.87. The molecule has 1 aliphatic heterocycles. The number of amides is 2. The maximum Gasteiger partial charge on any atom is 0.319 e. The van der Waals surface area contributed by atoms with E-state index in [4.69, 9.17) is 16.6 Å². The zero-order chi connectivity index (χ0) is 25.2. The van der Waals surface area contributed by atoms with Crippen LogP contribution in [-0.2, 0) is 6.42 Å². The Morgan fingerprint density at radius 1 is 1.11 bits per heavy atom. The molecule has 7 heteroatoms. The van der Waals surface area contributed by atoms with Crippen LogP contribution in [0.25, 0.3) is 0 Å². The first-order valence-electron chi connectivity index (χ1n) is 11.4. The number of halogens is 2. The lowest BCUT2D eigenvalue weighted by molar-refractivity contribution is 0.244. The summed E-state index contributed by atoms with van der Waals surface area (Å²) in [6.45, 7) is 9.93. The van der Waals surface area contributed by atoms with E-state index in [1.54, 1.807) is 18.2 Å². The SMILES string of the molecule is C=C1Nc2ccc(Cl)cc2C(c2ccc(NC(=O)NC(C)(C)C)cc2)=NC1Cc1ccccc1F. The summed E-state index contributed by atoms with van der Waals surface area (Å²) in [7, 11) is 0. The Balaban J connectivity index is 1.69. The van der Waals surface area contributed by atoms with Crippen LogP contribution in [0, 0.1) is 5.82 Å². The van der Waals surface area contributed by atoms with Gasteiger partial charge < -0.3 is 16.0 Å². The molecular weight excluding hydrogens is 463 g/mol. The number of hydrogen-bond acceptors (Lipinski definition) is 3. The van der Waals surface area contributed by atoms with Gasteiger partial charge in [0, 0.05) is 45.2 Å². The number of benzene rings is 3. The van der Waals surface area contributed by atoms with Crippen molar-refractivity contribution in [2.45, 2.75) is 38.8 Å². The third kappa shape index (κ3) is 6.08. The van der Waals surface area contributed by atoms with Crippen molar-refractivity contribution in [1.82, 2.24) is 5.32 Å². The molecule has 180 valence electrons. The van der Waals surface area contributed by atoms with E-state index in [0.717, 1.165) is 16.8 Å². The summed E-state index contributed by atoms with van der Waals surface area (Å²) in [4.78, 5) is 17.2.